The van der Waals surface area contributed by atoms with Crippen molar-refractivity contribution in [1.29, 1.82) is 0 Å². The highest BCUT2D eigenvalue weighted by Gasteiger charge is 2.21. The van der Waals surface area contributed by atoms with Crippen molar-refractivity contribution in [1.82, 2.24) is 9.55 Å². The number of carbonyl (C=O) groups is 1. The number of ether oxygens (including phenoxy) is 3. The second kappa shape index (κ2) is 8.03. The average Bonchev–Trinajstić information content (AvgIpc) is 3.05. The highest BCUT2D eigenvalue weighted by atomic mass is 19.3. The topological polar surface area (TPSA) is 62.6 Å². The van der Waals surface area contributed by atoms with Gasteiger partial charge in [-0.15, -0.1) is 0 Å². The molecule has 0 saturated carbocycles. The Morgan fingerprint density at radius 1 is 1.11 bits per heavy atom. The zero-order chi connectivity index (χ0) is 19.4. The minimum Gasteiger partial charge on any atom is -0.497 e. The number of nitrogens with zero attached hydrogens (tertiary/aromatic N) is 2. The van der Waals surface area contributed by atoms with E-state index in [4.69, 9.17) is 14.2 Å². The zero-order valence-electron chi connectivity index (χ0n) is 14.8. The molecule has 6 nitrogen and oxygen atoms in total. The third kappa shape index (κ3) is 4.16. The Bertz CT molecular complexity index is 925. The van der Waals surface area contributed by atoms with Gasteiger partial charge in [0.25, 0.3) is 0 Å². The van der Waals surface area contributed by atoms with Crippen LogP contribution in [0.3, 0.4) is 0 Å². The van der Waals surface area contributed by atoms with Crippen LogP contribution in [-0.2, 0) is 16.1 Å². The molecule has 0 bridgehead atoms. The molecule has 0 aliphatic heterocycles. The first kappa shape index (κ1) is 18.6. The first-order valence-corrected chi connectivity index (χ1v) is 8.21. The van der Waals surface area contributed by atoms with E-state index in [0.29, 0.717) is 17.0 Å². The summed E-state index contributed by atoms with van der Waals surface area (Å²) in [6.07, 6.45) is -0.914. The molecule has 2 aromatic carbocycles. The number of benzene rings is 2. The van der Waals surface area contributed by atoms with Gasteiger partial charge in [0.15, 0.2) is 11.9 Å². The van der Waals surface area contributed by atoms with E-state index in [0.717, 1.165) is 4.57 Å². The van der Waals surface area contributed by atoms with E-state index >= 15 is 0 Å². The van der Waals surface area contributed by atoms with Crippen molar-refractivity contribution in [3.63, 3.8) is 0 Å². The molecule has 1 unspecified atom stereocenters. The molecule has 3 rings (SSSR count). The van der Waals surface area contributed by atoms with Crippen LogP contribution in [0.4, 0.5) is 8.78 Å². The summed E-state index contributed by atoms with van der Waals surface area (Å²) in [7, 11) is 1.54. The SMILES string of the molecule is COc1ccc(OC(C)C(=O)OCc2nc3ccccc3n2C(F)F)cc1. The van der Waals surface area contributed by atoms with E-state index in [1.54, 1.807) is 49.6 Å². The van der Waals surface area contributed by atoms with Crippen LogP contribution in [-0.4, -0.2) is 28.7 Å². The highest BCUT2D eigenvalue weighted by molar-refractivity contribution is 5.76. The number of imidazole rings is 1. The number of rotatable bonds is 7. The lowest BCUT2D eigenvalue weighted by Gasteiger charge is -2.14. The van der Waals surface area contributed by atoms with Crippen molar-refractivity contribution in [3.05, 3.63) is 54.4 Å². The Hall–Kier alpha value is -3.16. The fraction of sp³-hybridized carbons (Fsp3) is 0.263. The third-order valence-electron chi connectivity index (χ3n) is 3.91. The number of para-hydroxylation sites is 2. The van der Waals surface area contributed by atoms with Crippen molar-refractivity contribution in [3.8, 4) is 11.5 Å². The van der Waals surface area contributed by atoms with Crippen LogP contribution in [0.15, 0.2) is 48.5 Å². The Morgan fingerprint density at radius 2 is 1.78 bits per heavy atom. The Labute approximate surface area is 154 Å². The molecule has 1 heterocycles. The number of aromatic nitrogens is 2. The summed E-state index contributed by atoms with van der Waals surface area (Å²) < 4.78 is 43.2. The van der Waals surface area contributed by atoms with Crippen molar-refractivity contribution >= 4 is 17.0 Å². The van der Waals surface area contributed by atoms with Gasteiger partial charge in [-0.1, -0.05) is 12.1 Å². The maximum Gasteiger partial charge on any atom is 0.347 e. The molecule has 0 aliphatic rings. The summed E-state index contributed by atoms with van der Waals surface area (Å²) in [6, 6.07) is 13.2. The van der Waals surface area contributed by atoms with E-state index in [1.165, 1.54) is 13.0 Å². The van der Waals surface area contributed by atoms with E-state index < -0.39 is 18.6 Å². The van der Waals surface area contributed by atoms with Crippen LogP contribution < -0.4 is 9.47 Å². The predicted molar refractivity (Wildman–Crippen MR) is 93.9 cm³/mol. The molecule has 0 radical (unpaired) electrons. The summed E-state index contributed by atoms with van der Waals surface area (Å²) >= 11 is 0. The highest BCUT2D eigenvalue weighted by Crippen LogP contribution is 2.24. The third-order valence-corrected chi connectivity index (χ3v) is 3.91. The number of hydrogen-bond donors (Lipinski definition) is 0. The molecular formula is C19H18F2N2O4. The molecule has 0 saturated heterocycles. The van der Waals surface area contributed by atoms with Gasteiger partial charge in [0.05, 0.1) is 18.1 Å². The quantitative estimate of drug-likeness (QED) is 0.584. The molecule has 27 heavy (non-hydrogen) atoms. The number of alkyl halides is 2. The molecule has 1 atom stereocenters. The predicted octanol–water partition coefficient (Wildman–Crippen LogP) is 3.95. The van der Waals surface area contributed by atoms with Crippen molar-refractivity contribution < 1.29 is 27.8 Å². The maximum absolute atomic E-state index is 13.4. The Balaban J connectivity index is 1.66. The number of fused-ring (bicyclic) bond motifs is 1. The van der Waals surface area contributed by atoms with Gasteiger partial charge in [-0.2, -0.15) is 8.78 Å². The molecule has 0 spiro atoms. The number of esters is 1. The minimum absolute atomic E-state index is 0.0313. The van der Waals surface area contributed by atoms with Gasteiger partial charge < -0.3 is 14.2 Å². The maximum atomic E-state index is 13.4. The second-order valence-electron chi connectivity index (χ2n) is 5.71. The summed E-state index contributed by atoms with van der Waals surface area (Å²) in [5, 5.41) is 0. The number of halogens is 2. The molecule has 0 N–H and O–H groups in total. The fourth-order valence-corrected chi connectivity index (χ4v) is 2.57. The lowest BCUT2D eigenvalue weighted by Crippen LogP contribution is -2.26. The first-order chi connectivity index (χ1) is 13.0. The van der Waals surface area contributed by atoms with Crippen LogP contribution >= 0.6 is 0 Å². The number of methoxy groups -OCH3 is 1. The molecule has 0 aliphatic carbocycles. The summed E-state index contributed by atoms with van der Waals surface area (Å²) in [5.74, 6) is 0.401. The smallest absolute Gasteiger partial charge is 0.347 e. The Morgan fingerprint density at radius 3 is 2.44 bits per heavy atom. The fourth-order valence-electron chi connectivity index (χ4n) is 2.57. The van der Waals surface area contributed by atoms with E-state index in [2.05, 4.69) is 4.98 Å². The van der Waals surface area contributed by atoms with Crippen LogP contribution in [0.2, 0.25) is 0 Å². The van der Waals surface area contributed by atoms with Gasteiger partial charge in [0.2, 0.25) is 0 Å². The molecule has 3 aromatic rings. The zero-order valence-corrected chi connectivity index (χ0v) is 14.8. The molecule has 0 fully saturated rings. The summed E-state index contributed by atoms with van der Waals surface area (Å²) in [6.45, 7) is -1.66. The molecular weight excluding hydrogens is 358 g/mol. The normalized spacial score (nSPS) is 12.2. The van der Waals surface area contributed by atoms with E-state index in [1.807, 2.05) is 0 Å². The summed E-state index contributed by atoms with van der Waals surface area (Å²) in [5.41, 5.74) is 0.687. The van der Waals surface area contributed by atoms with Gasteiger partial charge >= 0.3 is 12.5 Å². The molecule has 8 heteroatoms. The largest absolute Gasteiger partial charge is 0.497 e. The average molecular weight is 376 g/mol. The standard InChI is InChI=1S/C19H18F2N2O4/c1-12(27-14-9-7-13(25-2)8-10-14)18(24)26-11-17-22-15-5-3-4-6-16(15)23(17)19(20)21/h3-10,12,19H,11H2,1-2H3. The van der Waals surface area contributed by atoms with Crippen LogP contribution in [0, 0.1) is 0 Å². The second-order valence-corrected chi connectivity index (χ2v) is 5.71. The van der Waals surface area contributed by atoms with Crippen molar-refractivity contribution in [2.24, 2.45) is 0 Å². The minimum atomic E-state index is -2.79. The first-order valence-electron chi connectivity index (χ1n) is 8.21. The molecule has 0 amide bonds. The van der Waals surface area contributed by atoms with Crippen molar-refractivity contribution in [2.45, 2.75) is 26.2 Å². The monoisotopic (exact) mass is 376 g/mol. The van der Waals surface area contributed by atoms with Gasteiger partial charge in [0.1, 0.15) is 18.1 Å². The lowest BCUT2D eigenvalue weighted by molar-refractivity contribution is -0.152. The Kier molecular flexibility index (Phi) is 5.54. The van der Waals surface area contributed by atoms with Gasteiger partial charge in [-0.3, -0.25) is 4.57 Å². The van der Waals surface area contributed by atoms with Crippen LogP contribution in [0.25, 0.3) is 11.0 Å². The van der Waals surface area contributed by atoms with Gasteiger partial charge in [-0.25, -0.2) is 9.78 Å². The van der Waals surface area contributed by atoms with E-state index in [-0.39, 0.29) is 17.9 Å². The molecule has 1 aromatic heterocycles. The van der Waals surface area contributed by atoms with Crippen molar-refractivity contribution in [2.75, 3.05) is 7.11 Å². The van der Waals surface area contributed by atoms with Gasteiger partial charge in [-0.05, 0) is 43.3 Å². The number of hydrogen-bond acceptors (Lipinski definition) is 5. The molecule has 142 valence electrons. The lowest BCUT2D eigenvalue weighted by atomic mass is 10.3. The number of carbonyl (C=O) groups excluding carboxylic acids is 1. The van der Waals surface area contributed by atoms with Gasteiger partial charge in [0, 0.05) is 0 Å². The van der Waals surface area contributed by atoms with E-state index in [9.17, 15) is 13.6 Å². The van der Waals surface area contributed by atoms with Crippen LogP contribution in [0.1, 0.15) is 19.3 Å². The van der Waals surface area contributed by atoms with Crippen LogP contribution in [0.5, 0.6) is 11.5 Å². The summed E-state index contributed by atoms with van der Waals surface area (Å²) in [4.78, 5) is 16.3.